The van der Waals surface area contributed by atoms with Gasteiger partial charge in [-0.05, 0) is 55.0 Å². The van der Waals surface area contributed by atoms with E-state index in [1.54, 1.807) is 20.3 Å². The van der Waals surface area contributed by atoms with E-state index < -0.39 is 5.92 Å². The molecule has 5 rings (SSSR count). The predicted octanol–water partition coefficient (Wildman–Crippen LogP) is 5.90. The van der Waals surface area contributed by atoms with Gasteiger partial charge < -0.3 is 19.8 Å². The number of allylic oxidation sites excluding steroid dienone is 2. The lowest BCUT2D eigenvalue weighted by molar-refractivity contribution is -0.118. The average Bonchev–Trinajstić information content (AvgIpc) is 2.85. The summed E-state index contributed by atoms with van der Waals surface area (Å²) in [6.07, 6.45) is 1.08. The Labute approximate surface area is 227 Å². The van der Waals surface area contributed by atoms with Gasteiger partial charge in [-0.3, -0.25) is 9.59 Å². The van der Waals surface area contributed by atoms with Crippen molar-refractivity contribution in [3.05, 3.63) is 85.8 Å². The number of rotatable bonds is 6. The van der Waals surface area contributed by atoms with E-state index in [0.717, 1.165) is 5.70 Å². The molecule has 2 heterocycles. The van der Waals surface area contributed by atoms with Crippen LogP contribution in [0.5, 0.6) is 11.5 Å². The van der Waals surface area contributed by atoms with Gasteiger partial charge in [0.2, 0.25) is 0 Å². The molecule has 0 saturated carbocycles. The molecule has 0 spiro atoms. The topological polar surface area (TPSA) is 93.3 Å². The number of ether oxygens (including phenoxy) is 2. The zero-order valence-electron chi connectivity index (χ0n) is 22.7. The van der Waals surface area contributed by atoms with E-state index in [0.29, 0.717) is 57.8 Å². The number of anilines is 1. The van der Waals surface area contributed by atoms with Crippen LogP contribution >= 0.6 is 11.8 Å². The molecular formula is C30H33N3O4S. The Bertz CT molecular complexity index is 1520. The standard InChI is InChI=1S/C30H33N3O4S/c1-16-7-8-18(17(2)11-16)15-38-29-32-27-26(28(35)33-29)24(20-12-19(36-5)9-10-23(20)37-6)25-21(31-27)13-30(3,4)14-22(25)34/h7-12,24H,13-15H2,1-6H3,(H2,31,32,33,35). The van der Waals surface area contributed by atoms with Gasteiger partial charge in [-0.25, -0.2) is 4.98 Å². The lowest BCUT2D eigenvalue weighted by Gasteiger charge is -2.38. The molecular weight excluding hydrogens is 498 g/mol. The molecule has 38 heavy (non-hydrogen) atoms. The van der Waals surface area contributed by atoms with Crippen LogP contribution in [-0.4, -0.2) is 30.0 Å². The highest BCUT2D eigenvalue weighted by molar-refractivity contribution is 7.98. The molecule has 0 bridgehead atoms. The van der Waals surface area contributed by atoms with E-state index in [4.69, 9.17) is 14.5 Å². The van der Waals surface area contributed by atoms with Crippen molar-refractivity contribution in [2.45, 2.75) is 57.4 Å². The quantitative estimate of drug-likeness (QED) is 0.302. The average molecular weight is 532 g/mol. The summed E-state index contributed by atoms with van der Waals surface area (Å²) in [5.41, 5.74) is 5.68. The van der Waals surface area contributed by atoms with Crippen LogP contribution < -0.4 is 20.3 Å². The first-order chi connectivity index (χ1) is 18.1. The first-order valence-electron chi connectivity index (χ1n) is 12.7. The zero-order chi connectivity index (χ0) is 27.2. The molecule has 1 atom stereocenters. The summed E-state index contributed by atoms with van der Waals surface area (Å²) >= 11 is 1.49. The first kappa shape index (κ1) is 26.1. The maximum Gasteiger partial charge on any atom is 0.257 e. The summed E-state index contributed by atoms with van der Waals surface area (Å²) in [5.74, 6) is 1.77. The summed E-state index contributed by atoms with van der Waals surface area (Å²) in [7, 11) is 3.18. The number of methoxy groups -OCH3 is 2. The van der Waals surface area contributed by atoms with E-state index in [-0.39, 0.29) is 16.8 Å². The Balaban J connectivity index is 1.63. The van der Waals surface area contributed by atoms with Crippen molar-refractivity contribution in [3.8, 4) is 11.5 Å². The minimum atomic E-state index is -0.621. The summed E-state index contributed by atoms with van der Waals surface area (Å²) in [6.45, 7) is 8.34. The Morgan fingerprint density at radius 3 is 2.55 bits per heavy atom. The molecule has 1 aliphatic heterocycles. The number of ketones is 1. The lowest BCUT2D eigenvalue weighted by atomic mass is 9.69. The van der Waals surface area contributed by atoms with Crippen LogP contribution in [-0.2, 0) is 10.5 Å². The number of nitrogens with zero attached hydrogens (tertiary/aromatic N) is 1. The van der Waals surface area contributed by atoms with Gasteiger partial charge in [0.25, 0.3) is 5.56 Å². The van der Waals surface area contributed by atoms with Gasteiger partial charge in [0.1, 0.15) is 17.3 Å². The molecule has 3 aromatic rings. The monoisotopic (exact) mass is 531 g/mol. The molecule has 8 heteroatoms. The van der Waals surface area contributed by atoms with Gasteiger partial charge in [-0.2, -0.15) is 0 Å². The van der Waals surface area contributed by atoms with Crippen molar-refractivity contribution >= 4 is 23.4 Å². The third kappa shape index (κ3) is 4.85. The Kier molecular flexibility index (Phi) is 6.86. The second-order valence-electron chi connectivity index (χ2n) is 10.9. The molecule has 2 aromatic carbocycles. The van der Waals surface area contributed by atoms with Gasteiger partial charge in [-0.1, -0.05) is 49.4 Å². The van der Waals surface area contributed by atoms with E-state index in [9.17, 15) is 9.59 Å². The number of hydrogen-bond donors (Lipinski definition) is 2. The second kappa shape index (κ2) is 9.98. The maximum absolute atomic E-state index is 13.7. The molecule has 198 valence electrons. The van der Waals surface area contributed by atoms with Crippen LogP contribution in [0.1, 0.15) is 60.4 Å². The fourth-order valence-electron chi connectivity index (χ4n) is 5.49. The maximum atomic E-state index is 13.7. The minimum Gasteiger partial charge on any atom is -0.497 e. The van der Waals surface area contributed by atoms with Crippen molar-refractivity contribution < 1.29 is 14.3 Å². The number of nitrogens with one attached hydrogen (secondary N) is 2. The smallest absolute Gasteiger partial charge is 0.257 e. The number of carbonyl (C=O) groups excluding carboxylic acids is 1. The highest BCUT2D eigenvalue weighted by Crippen LogP contribution is 2.49. The van der Waals surface area contributed by atoms with Crippen LogP contribution in [0.25, 0.3) is 0 Å². The molecule has 2 aliphatic rings. The third-order valence-electron chi connectivity index (χ3n) is 7.31. The van der Waals surface area contributed by atoms with Gasteiger partial charge in [-0.15, -0.1) is 0 Å². The number of Topliss-reactive ketones (excluding diaryl/α,β-unsaturated/α-hetero) is 1. The lowest BCUT2D eigenvalue weighted by Crippen LogP contribution is -2.37. The number of benzene rings is 2. The van der Waals surface area contributed by atoms with Crippen LogP contribution in [0, 0.1) is 19.3 Å². The summed E-state index contributed by atoms with van der Waals surface area (Å²) in [5, 5.41) is 3.92. The van der Waals surface area contributed by atoms with Gasteiger partial charge in [0.15, 0.2) is 10.9 Å². The van der Waals surface area contributed by atoms with Crippen molar-refractivity contribution in [1.82, 2.24) is 9.97 Å². The fourth-order valence-corrected chi connectivity index (χ4v) is 6.43. The number of thioether (sulfide) groups is 1. The van der Waals surface area contributed by atoms with Gasteiger partial charge >= 0.3 is 0 Å². The van der Waals surface area contributed by atoms with Crippen LogP contribution in [0.4, 0.5) is 5.82 Å². The Hall–Kier alpha value is -3.52. The van der Waals surface area contributed by atoms with Crippen molar-refractivity contribution in [3.63, 3.8) is 0 Å². The second-order valence-corrected chi connectivity index (χ2v) is 11.8. The normalized spacial score (nSPS) is 17.9. The molecule has 1 aromatic heterocycles. The number of fused-ring (bicyclic) bond motifs is 1. The zero-order valence-corrected chi connectivity index (χ0v) is 23.5. The molecule has 7 nitrogen and oxygen atoms in total. The predicted molar refractivity (Wildman–Crippen MR) is 150 cm³/mol. The SMILES string of the molecule is COc1ccc(OC)c(C2C3=C(CC(C)(C)CC3=O)Nc3nc(SCc4ccc(C)cc4C)[nH]c(=O)c32)c1. The van der Waals surface area contributed by atoms with Crippen molar-refractivity contribution in [1.29, 1.82) is 0 Å². The van der Waals surface area contributed by atoms with Crippen LogP contribution in [0.2, 0.25) is 0 Å². The number of aromatic amines is 1. The van der Waals surface area contributed by atoms with Crippen molar-refractivity contribution in [2.75, 3.05) is 19.5 Å². The van der Waals surface area contributed by atoms with E-state index in [1.807, 2.05) is 12.1 Å². The minimum absolute atomic E-state index is 0.0250. The molecule has 0 amide bonds. The van der Waals surface area contributed by atoms with Crippen LogP contribution in [0.15, 0.2) is 57.6 Å². The summed E-state index contributed by atoms with van der Waals surface area (Å²) < 4.78 is 11.2. The number of H-pyrrole nitrogens is 1. The number of aryl methyl sites for hydroxylation is 2. The van der Waals surface area contributed by atoms with Gasteiger partial charge in [0, 0.05) is 29.0 Å². The van der Waals surface area contributed by atoms with E-state index in [2.05, 4.69) is 56.2 Å². The molecule has 0 fully saturated rings. The fraction of sp³-hybridized carbons (Fsp3) is 0.367. The third-order valence-corrected chi connectivity index (χ3v) is 8.23. The van der Waals surface area contributed by atoms with E-state index >= 15 is 0 Å². The largest absolute Gasteiger partial charge is 0.497 e. The van der Waals surface area contributed by atoms with Gasteiger partial charge in [0.05, 0.1) is 25.7 Å². The highest BCUT2D eigenvalue weighted by atomic mass is 32.2. The van der Waals surface area contributed by atoms with E-state index in [1.165, 1.54) is 28.5 Å². The van der Waals surface area contributed by atoms with Crippen LogP contribution in [0.3, 0.4) is 0 Å². The molecule has 1 aliphatic carbocycles. The number of hydrogen-bond acceptors (Lipinski definition) is 7. The number of aromatic nitrogens is 2. The van der Waals surface area contributed by atoms with Crippen molar-refractivity contribution in [2.24, 2.45) is 5.41 Å². The molecule has 2 N–H and O–H groups in total. The highest BCUT2D eigenvalue weighted by Gasteiger charge is 2.43. The Morgan fingerprint density at radius 1 is 1.05 bits per heavy atom. The first-order valence-corrected chi connectivity index (χ1v) is 13.7. The summed E-state index contributed by atoms with van der Waals surface area (Å²) in [4.78, 5) is 35.1. The molecule has 0 radical (unpaired) electrons. The molecule has 1 unspecified atom stereocenters. The number of carbonyl (C=O) groups is 1. The Morgan fingerprint density at radius 2 is 1.84 bits per heavy atom. The molecule has 0 saturated heterocycles. The summed E-state index contributed by atoms with van der Waals surface area (Å²) in [6, 6.07) is 11.8.